The second kappa shape index (κ2) is 8.54. The van der Waals surface area contributed by atoms with Crippen LogP contribution >= 0.6 is 0 Å². The zero-order chi connectivity index (χ0) is 21.0. The highest BCUT2D eigenvalue weighted by molar-refractivity contribution is 5.79. The summed E-state index contributed by atoms with van der Waals surface area (Å²) >= 11 is 0. The zero-order valence-corrected chi connectivity index (χ0v) is 17.3. The average Bonchev–Trinajstić information content (AvgIpc) is 2.80. The van der Waals surface area contributed by atoms with E-state index in [1.807, 2.05) is 42.5 Å². The summed E-state index contributed by atoms with van der Waals surface area (Å²) in [6.07, 6.45) is 0. The van der Waals surface area contributed by atoms with E-state index >= 15 is 0 Å². The summed E-state index contributed by atoms with van der Waals surface area (Å²) in [7, 11) is 0. The van der Waals surface area contributed by atoms with E-state index in [0.717, 1.165) is 51.0 Å². The Hall–Kier alpha value is -3.76. The monoisotopic (exact) mass is 404 g/mol. The van der Waals surface area contributed by atoms with Crippen LogP contribution in [0, 0.1) is 0 Å². The lowest BCUT2D eigenvalue weighted by atomic mass is 10.1. The summed E-state index contributed by atoms with van der Waals surface area (Å²) in [4.78, 5) is 12.1. The average molecular weight is 405 g/mol. The van der Waals surface area contributed by atoms with Gasteiger partial charge in [-0.1, -0.05) is 66.7 Å². The van der Waals surface area contributed by atoms with Crippen LogP contribution in [0.3, 0.4) is 0 Å². The van der Waals surface area contributed by atoms with Crippen LogP contribution in [0.1, 0.15) is 17.0 Å². The minimum atomic E-state index is 0.716. The van der Waals surface area contributed by atoms with E-state index in [4.69, 9.17) is 15.7 Å². The number of hydrogen-bond acceptors (Lipinski definition) is 4. The minimum absolute atomic E-state index is 0.716. The Morgan fingerprint density at radius 2 is 1.06 bits per heavy atom. The lowest BCUT2D eigenvalue weighted by molar-refractivity contribution is 0.242. The van der Waals surface area contributed by atoms with Gasteiger partial charge in [0.05, 0.1) is 22.4 Å². The first-order valence-electron chi connectivity index (χ1n) is 10.5. The van der Waals surface area contributed by atoms with E-state index in [9.17, 15) is 0 Å². The Morgan fingerprint density at radius 1 is 0.548 bits per heavy atom. The first-order valence-corrected chi connectivity index (χ1v) is 10.5. The maximum Gasteiger partial charge on any atom is 0.0705 e. The van der Waals surface area contributed by atoms with Crippen LogP contribution in [0.15, 0.2) is 97.1 Å². The number of hydrogen-bond donors (Lipinski definition) is 1. The Morgan fingerprint density at radius 3 is 1.65 bits per heavy atom. The highest BCUT2D eigenvalue weighted by Gasteiger charge is 2.12. The standard InChI is InChI=1S/C27H24N4/c28-25-10-4-1-9-22(25)17-31(18-23-15-13-20-7-2-5-11-26(20)29-23)19-24-16-14-21-8-3-6-12-27(21)30-24/h1-16H,17-19,28H2. The first kappa shape index (κ1) is 19.2. The van der Waals surface area contributed by atoms with Gasteiger partial charge in [0.2, 0.25) is 0 Å². The number of para-hydroxylation sites is 3. The number of pyridine rings is 2. The van der Waals surface area contributed by atoms with E-state index < -0.39 is 0 Å². The van der Waals surface area contributed by atoms with Crippen molar-refractivity contribution in [3.63, 3.8) is 0 Å². The van der Waals surface area contributed by atoms with Crippen molar-refractivity contribution in [3.05, 3.63) is 114 Å². The molecule has 0 saturated heterocycles. The summed E-state index contributed by atoms with van der Waals surface area (Å²) in [5, 5.41) is 2.31. The van der Waals surface area contributed by atoms with Crippen molar-refractivity contribution in [2.75, 3.05) is 5.73 Å². The Labute approximate surface area is 182 Å². The van der Waals surface area contributed by atoms with Crippen molar-refractivity contribution < 1.29 is 0 Å². The molecule has 0 atom stereocenters. The molecule has 2 aromatic heterocycles. The summed E-state index contributed by atoms with van der Waals surface area (Å²) in [6, 6.07) is 33.0. The van der Waals surface area contributed by atoms with Gasteiger partial charge in [-0.15, -0.1) is 0 Å². The van der Waals surface area contributed by atoms with E-state index in [2.05, 4.69) is 59.5 Å². The fraction of sp³-hybridized carbons (Fsp3) is 0.111. The Bertz CT molecular complexity index is 1260. The number of anilines is 1. The molecule has 5 aromatic rings. The predicted molar refractivity (Wildman–Crippen MR) is 127 cm³/mol. The van der Waals surface area contributed by atoms with Crippen molar-refractivity contribution in [1.82, 2.24) is 14.9 Å². The molecule has 2 N–H and O–H groups in total. The number of aromatic nitrogens is 2. The maximum absolute atomic E-state index is 6.25. The molecule has 0 fully saturated rings. The van der Waals surface area contributed by atoms with Gasteiger partial charge in [-0.2, -0.15) is 0 Å². The Kier molecular flexibility index (Phi) is 5.29. The Balaban J connectivity index is 1.45. The predicted octanol–water partition coefficient (Wildman–Crippen LogP) is 5.57. The van der Waals surface area contributed by atoms with Crippen LogP contribution in [0.4, 0.5) is 5.69 Å². The highest BCUT2D eigenvalue weighted by atomic mass is 15.1. The number of rotatable bonds is 6. The molecule has 4 nitrogen and oxygen atoms in total. The van der Waals surface area contributed by atoms with Crippen LogP contribution in [0.25, 0.3) is 21.8 Å². The quantitative estimate of drug-likeness (QED) is 0.376. The van der Waals surface area contributed by atoms with Crippen molar-refractivity contribution in [3.8, 4) is 0 Å². The van der Waals surface area contributed by atoms with Gasteiger partial charge in [-0.3, -0.25) is 14.9 Å². The van der Waals surface area contributed by atoms with Crippen LogP contribution in [0.5, 0.6) is 0 Å². The molecule has 152 valence electrons. The molecule has 0 unspecified atom stereocenters. The van der Waals surface area contributed by atoms with Crippen molar-refractivity contribution in [1.29, 1.82) is 0 Å². The SMILES string of the molecule is Nc1ccccc1CN(Cc1ccc2ccccc2n1)Cc1ccc2ccccc2n1. The number of nitrogens with two attached hydrogens (primary N) is 1. The van der Waals surface area contributed by atoms with E-state index in [-0.39, 0.29) is 0 Å². The van der Waals surface area contributed by atoms with Gasteiger partial charge in [0.15, 0.2) is 0 Å². The number of nitrogen functional groups attached to an aromatic ring is 1. The lowest BCUT2D eigenvalue weighted by Crippen LogP contribution is -2.24. The second-order valence-corrected chi connectivity index (χ2v) is 7.83. The van der Waals surface area contributed by atoms with Gasteiger partial charge in [0.1, 0.15) is 0 Å². The largest absolute Gasteiger partial charge is 0.398 e. The van der Waals surface area contributed by atoms with Gasteiger partial charge in [-0.05, 0) is 35.9 Å². The maximum atomic E-state index is 6.25. The third-order valence-electron chi connectivity index (χ3n) is 5.53. The minimum Gasteiger partial charge on any atom is -0.398 e. The normalized spacial score (nSPS) is 11.4. The second-order valence-electron chi connectivity index (χ2n) is 7.83. The number of fused-ring (bicyclic) bond motifs is 2. The molecule has 0 aliphatic carbocycles. The van der Waals surface area contributed by atoms with E-state index in [0.29, 0.717) is 13.1 Å². The molecule has 2 heterocycles. The van der Waals surface area contributed by atoms with E-state index in [1.165, 1.54) is 0 Å². The molecule has 4 heteroatoms. The van der Waals surface area contributed by atoms with Crippen LogP contribution < -0.4 is 5.73 Å². The summed E-state index contributed by atoms with van der Waals surface area (Å²) < 4.78 is 0. The molecule has 31 heavy (non-hydrogen) atoms. The van der Waals surface area contributed by atoms with Crippen molar-refractivity contribution >= 4 is 27.5 Å². The van der Waals surface area contributed by atoms with Gasteiger partial charge < -0.3 is 5.73 Å². The highest BCUT2D eigenvalue weighted by Crippen LogP contribution is 2.20. The van der Waals surface area contributed by atoms with E-state index in [1.54, 1.807) is 0 Å². The van der Waals surface area contributed by atoms with Gasteiger partial charge in [0, 0.05) is 36.1 Å². The molecule has 0 aliphatic heterocycles. The zero-order valence-electron chi connectivity index (χ0n) is 17.3. The third kappa shape index (κ3) is 4.39. The van der Waals surface area contributed by atoms with Crippen LogP contribution in [-0.2, 0) is 19.6 Å². The molecule has 0 spiro atoms. The first-order chi connectivity index (χ1) is 15.2. The van der Waals surface area contributed by atoms with Gasteiger partial charge in [-0.25, -0.2) is 0 Å². The topological polar surface area (TPSA) is 55.0 Å². The molecular formula is C27H24N4. The third-order valence-corrected chi connectivity index (χ3v) is 5.53. The lowest BCUT2D eigenvalue weighted by Gasteiger charge is -2.23. The number of nitrogens with zero attached hydrogens (tertiary/aromatic N) is 3. The summed E-state index contributed by atoms with van der Waals surface area (Å²) in [5.74, 6) is 0. The molecular weight excluding hydrogens is 380 g/mol. The molecule has 0 saturated carbocycles. The van der Waals surface area contributed by atoms with Gasteiger partial charge in [0.25, 0.3) is 0 Å². The molecule has 0 bridgehead atoms. The molecule has 0 aliphatic rings. The van der Waals surface area contributed by atoms with Crippen LogP contribution in [-0.4, -0.2) is 14.9 Å². The summed E-state index contributed by atoms with van der Waals surface area (Å²) in [5.41, 5.74) is 12.3. The fourth-order valence-corrected chi connectivity index (χ4v) is 3.94. The summed E-state index contributed by atoms with van der Waals surface area (Å²) in [6.45, 7) is 2.16. The smallest absolute Gasteiger partial charge is 0.0705 e. The molecule has 5 rings (SSSR count). The molecule has 0 amide bonds. The van der Waals surface area contributed by atoms with Crippen molar-refractivity contribution in [2.45, 2.75) is 19.6 Å². The number of benzene rings is 3. The van der Waals surface area contributed by atoms with Crippen LogP contribution in [0.2, 0.25) is 0 Å². The van der Waals surface area contributed by atoms with Gasteiger partial charge >= 0.3 is 0 Å². The molecule has 0 radical (unpaired) electrons. The fourth-order valence-electron chi connectivity index (χ4n) is 3.94. The molecule has 3 aromatic carbocycles. The van der Waals surface area contributed by atoms with Crippen molar-refractivity contribution in [2.24, 2.45) is 0 Å².